The van der Waals surface area contributed by atoms with E-state index in [0.29, 0.717) is 5.69 Å². The molecular weight excluding hydrogens is 288 g/mol. The van der Waals surface area contributed by atoms with E-state index >= 15 is 0 Å². The molecule has 122 valence electrons. The monoisotopic (exact) mass is 312 g/mol. The lowest BCUT2D eigenvalue weighted by atomic mass is 10.1. The van der Waals surface area contributed by atoms with Gasteiger partial charge < -0.3 is 10.2 Å². The predicted molar refractivity (Wildman–Crippen MR) is 92.9 cm³/mol. The third-order valence-corrected chi connectivity index (χ3v) is 3.74. The average Bonchev–Trinajstić information content (AvgIpc) is 2.55. The molecule has 0 saturated carbocycles. The summed E-state index contributed by atoms with van der Waals surface area (Å²) in [5, 5.41) is 27.0. The summed E-state index contributed by atoms with van der Waals surface area (Å²) < 4.78 is 0. The normalized spacial score (nSPS) is 11.2. The maximum absolute atomic E-state index is 9.66. The average molecular weight is 312 g/mol. The molecule has 2 rings (SSSR count). The molecule has 0 unspecified atom stereocenters. The molecule has 2 N–H and O–H groups in total. The Hall–Kier alpha value is -2.36. The molecule has 2 aromatic carbocycles. The molecule has 0 aromatic heterocycles. The predicted octanol–water partition coefficient (Wildman–Crippen LogP) is 6.03. The first-order chi connectivity index (χ1) is 11.2. The van der Waals surface area contributed by atoms with Crippen molar-refractivity contribution in [3.05, 3.63) is 48.0 Å². The van der Waals surface area contributed by atoms with Crippen LogP contribution in [0.5, 0.6) is 11.5 Å². The number of benzene rings is 2. The van der Waals surface area contributed by atoms with Crippen molar-refractivity contribution < 1.29 is 10.2 Å². The van der Waals surface area contributed by atoms with Crippen LogP contribution in [0.2, 0.25) is 0 Å². The van der Waals surface area contributed by atoms with E-state index in [0.717, 1.165) is 12.1 Å². The molecule has 0 atom stereocenters. The summed E-state index contributed by atoms with van der Waals surface area (Å²) in [7, 11) is 0. The molecule has 0 bridgehead atoms. The zero-order chi connectivity index (χ0) is 16.5. The number of aryl methyl sites for hydroxylation is 1. The fourth-order valence-corrected chi connectivity index (χ4v) is 2.37. The Morgan fingerprint density at radius 2 is 1.57 bits per heavy atom. The van der Waals surface area contributed by atoms with Gasteiger partial charge in [-0.1, -0.05) is 44.7 Å². The highest BCUT2D eigenvalue weighted by Crippen LogP contribution is 2.31. The minimum absolute atomic E-state index is 0.00439. The topological polar surface area (TPSA) is 65.2 Å². The number of phenols is 2. The van der Waals surface area contributed by atoms with Crippen LogP contribution >= 0.6 is 0 Å². The summed E-state index contributed by atoms with van der Waals surface area (Å²) in [6.07, 6.45) is 7.52. The molecule has 0 fully saturated rings. The highest BCUT2D eigenvalue weighted by Gasteiger charge is 2.01. The molecule has 2 aromatic rings. The van der Waals surface area contributed by atoms with Crippen LogP contribution in [-0.4, -0.2) is 10.2 Å². The second kappa shape index (κ2) is 8.93. The Balaban J connectivity index is 1.88. The zero-order valence-corrected chi connectivity index (χ0v) is 13.6. The van der Waals surface area contributed by atoms with Gasteiger partial charge in [0.05, 0.1) is 5.69 Å². The summed E-state index contributed by atoms with van der Waals surface area (Å²) in [4.78, 5) is 0. The lowest BCUT2D eigenvalue weighted by molar-refractivity contribution is 0.451. The van der Waals surface area contributed by atoms with Crippen LogP contribution in [0, 0.1) is 0 Å². The molecule has 4 heteroatoms. The van der Waals surface area contributed by atoms with Crippen LogP contribution in [-0.2, 0) is 6.42 Å². The number of aromatic hydroxyl groups is 2. The molecule has 0 aliphatic carbocycles. The van der Waals surface area contributed by atoms with Crippen LogP contribution in [0.3, 0.4) is 0 Å². The van der Waals surface area contributed by atoms with E-state index in [9.17, 15) is 10.2 Å². The summed E-state index contributed by atoms with van der Waals surface area (Å²) in [6, 6.07) is 12.3. The lowest BCUT2D eigenvalue weighted by Gasteiger charge is -2.02. The number of azo groups is 1. The van der Waals surface area contributed by atoms with E-state index < -0.39 is 0 Å². The Labute approximate surface area is 137 Å². The van der Waals surface area contributed by atoms with Gasteiger partial charge in [-0.15, -0.1) is 5.11 Å². The van der Waals surface area contributed by atoms with Gasteiger partial charge in [0.25, 0.3) is 0 Å². The Bertz CT molecular complexity index is 636. The van der Waals surface area contributed by atoms with Crippen molar-refractivity contribution in [3.8, 4) is 11.5 Å². The van der Waals surface area contributed by atoms with Crippen LogP contribution in [0.15, 0.2) is 52.7 Å². The fraction of sp³-hybridized carbons (Fsp3) is 0.368. The molecule has 0 aliphatic heterocycles. The molecule has 23 heavy (non-hydrogen) atoms. The van der Waals surface area contributed by atoms with Crippen molar-refractivity contribution in [1.82, 2.24) is 0 Å². The van der Waals surface area contributed by atoms with Crippen molar-refractivity contribution in [2.75, 3.05) is 0 Å². The molecular formula is C19H24N2O2. The Morgan fingerprint density at radius 3 is 2.26 bits per heavy atom. The van der Waals surface area contributed by atoms with Crippen molar-refractivity contribution >= 4 is 11.4 Å². The summed E-state index contributed by atoms with van der Waals surface area (Å²) >= 11 is 0. The van der Waals surface area contributed by atoms with E-state index in [4.69, 9.17) is 0 Å². The van der Waals surface area contributed by atoms with E-state index in [1.54, 1.807) is 0 Å². The number of unbranched alkanes of at least 4 members (excludes halogenated alkanes) is 4. The van der Waals surface area contributed by atoms with Crippen molar-refractivity contribution in [3.63, 3.8) is 0 Å². The minimum Gasteiger partial charge on any atom is -0.508 e. The highest BCUT2D eigenvalue weighted by molar-refractivity contribution is 5.53. The standard InChI is InChI=1S/C19H24N2O2/c1-2-3-4-5-6-7-15-8-10-16(11-9-15)20-21-18-13-12-17(22)14-19(18)23/h8-14,22-23H,2-7H2,1H3. The van der Waals surface area contributed by atoms with E-state index in [1.807, 2.05) is 12.1 Å². The van der Waals surface area contributed by atoms with Crippen LogP contribution < -0.4 is 0 Å². The molecule has 0 saturated heterocycles. The number of phenolic OH excluding ortho intramolecular Hbond substituents is 2. The van der Waals surface area contributed by atoms with Gasteiger partial charge in [-0.25, -0.2) is 0 Å². The van der Waals surface area contributed by atoms with Gasteiger partial charge in [0.15, 0.2) is 0 Å². The third-order valence-electron chi connectivity index (χ3n) is 3.74. The number of hydrogen-bond acceptors (Lipinski definition) is 4. The molecule has 0 radical (unpaired) electrons. The maximum atomic E-state index is 9.66. The van der Waals surface area contributed by atoms with Gasteiger partial charge in [-0.2, -0.15) is 5.11 Å². The Kier molecular flexibility index (Phi) is 6.60. The van der Waals surface area contributed by atoms with Gasteiger partial charge in [-0.3, -0.25) is 0 Å². The molecule has 0 amide bonds. The first kappa shape index (κ1) is 17.0. The van der Waals surface area contributed by atoms with Crippen molar-refractivity contribution in [2.45, 2.75) is 45.4 Å². The van der Waals surface area contributed by atoms with Gasteiger partial charge in [0.2, 0.25) is 0 Å². The van der Waals surface area contributed by atoms with Crippen LogP contribution in [0.4, 0.5) is 11.4 Å². The second-order valence-corrected chi connectivity index (χ2v) is 5.70. The smallest absolute Gasteiger partial charge is 0.146 e. The van der Waals surface area contributed by atoms with Crippen LogP contribution in [0.1, 0.15) is 44.6 Å². The van der Waals surface area contributed by atoms with Crippen molar-refractivity contribution in [1.29, 1.82) is 0 Å². The van der Waals surface area contributed by atoms with E-state index in [-0.39, 0.29) is 11.5 Å². The largest absolute Gasteiger partial charge is 0.508 e. The SMILES string of the molecule is CCCCCCCc1ccc(N=Nc2ccc(O)cc2O)cc1. The first-order valence-electron chi connectivity index (χ1n) is 8.21. The van der Waals surface area contributed by atoms with E-state index in [1.165, 1.54) is 55.9 Å². The summed E-state index contributed by atoms with van der Waals surface area (Å²) in [5.41, 5.74) is 2.39. The fourth-order valence-electron chi connectivity index (χ4n) is 2.37. The number of nitrogens with zero attached hydrogens (tertiary/aromatic N) is 2. The first-order valence-corrected chi connectivity index (χ1v) is 8.21. The maximum Gasteiger partial charge on any atom is 0.146 e. The van der Waals surface area contributed by atoms with Gasteiger partial charge in [0.1, 0.15) is 17.2 Å². The van der Waals surface area contributed by atoms with Gasteiger partial charge >= 0.3 is 0 Å². The molecule has 0 spiro atoms. The quantitative estimate of drug-likeness (QED) is 0.462. The minimum atomic E-state index is -0.0857. The van der Waals surface area contributed by atoms with Gasteiger partial charge in [0, 0.05) is 6.07 Å². The number of hydrogen-bond donors (Lipinski definition) is 2. The Morgan fingerprint density at radius 1 is 0.826 bits per heavy atom. The molecule has 0 aliphatic rings. The highest BCUT2D eigenvalue weighted by atomic mass is 16.3. The summed E-state index contributed by atoms with van der Waals surface area (Å²) in [5.74, 6) is -0.0813. The molecule has 0 heterocycles. The van der Waals surface area contributed by atoms with Gasteiger partial charge in [-0.05, 0) is 42.7 Å². The number of rotatable bonds is 8. The van der Waals surface area contributed by atoms with Crippen molar-refractivity contribution in [2.24, 2.45) is 10.2 Å². The van der Waals surface area contributed by atoms with E-state index in [2.05, 4.69) is 29.3 Å². The lowest BCUT2D eigenvalue weighted by Crippen LogP contribution is -1.85. The molecule has 4 nitrogen and oxygen atoms in total. The summed E-state index contributed by atoms with van der Waals surface area (Å²) in [6.45, 7) is 2.23. The zero-order valence-electron chi connectivity index (χ0n) is 13.6. The second-order valence-electron chi connectivity index (χ2n) is 5.70. The van der Waals surface area contributed by atoms with Crippen LogP contribution in [0.25, 0.3) is 0 Å². The third kappa shape index (κ3) is 5.74.